The van der Waals surface area contributed by atoms with Gasteiger partial charge in [-0.25, -0.2) is 4.79 Å². The molecule has 0 saturated carbocycles. The third kappa shape index (κ3) is 2.64. The molecule has 1 aromatic carbocycles. The maximum Gasteiger partial charge on any atom is 0.335 e. The quantitative estimate of drug-likeness (QED) is 0.441. The number of carbonyl (C=O) groups excluding carboxylic acids is 1. The zero-order chi connectivity index (χ0) is 12.3. The van der Waals surface area contributed by atoms with E-state index in [1.54, 1.807) is 0 Å². The van der Waals surface area contributed by atoms with Gasteiger partial charge in [0.15, 0.2) is 0 Å². The first-order valence-electron chi connectivity index (χ1n) is 5.76. The molecule has 17 heavy (non-hydrogen) atoms. The van der Waals surface area contributed by atoms with E-state index in [0.717, 1.165) is 11.1 Å². The van der Waals surface area contributed by atoms with Gasteiger partial charge in [-0.15, -0.1) is 0 Å². The second-order valence-electron chi connectivity index (χ2n) is 4.46. The lowest BCUT2D eigenvalue weighted by molar-refractivity contribution is -0.141. The van der Waals surface area contributed by atoms with Crippen molar-refractivity contribution >= 4 is 12.0 Å². The van der Waals surface area contributed by atoms with Crippen molar-refractivity contribution in [3.05, 3.63) is 53.6 Å². The van der Waals surface area contributed by atoms with Crippen molar-refractivity contribution in [1.29, 1.82) is 0 Å². The van der Waals surface area contributed by atoms with Gasteiger partial charge >= 0.3 is 5.97 Å². The lowest BCUT2D eigenvalue weighted by atomic mass is 9.98. The summed E-state index contributed by atoms with van der Waals surface area (Å²) in [6.07, 6.45) is 6.37. The molecule has 1 aromatic rings. The van der Waals surface area contributed by atoms with Gasteiger partial charge in [0.05, 0.1) is 0 Å². The van der Waals surface area contributed by atoms with Gasteiger partial charge in [0.1, 0.15) is 5.60 Å². The van der Waals surface area contributed by atoms with E-state index >= 15 is 0 Å². The second kappa shape index (κ2) is 4.58. The summed E-state index contributed by atoms with van der Waals surface area (Å²) in [5, 5.41) is 0. The summed E-state index contributed by atoms with van der Waals surface area (Å²) in [5.74, 6) is -0.213. The van der Waals surface area contributed by atoms with Gasteiger partial charge in [-0.05, 0) is 31.6 Å². The van der Waals surface area contributed by atoms with Crippen LogP contribution in [0, 0.1) is 0 Å². The summed E-state index contributed by atoms with van der Waals surface area (Å²) in [6, 6.07) is 9.83. The molecule has 0 aliphatic carbocycles. The highest BCUT2D eigenvalue weighted by atomic mass is 16.6. The van der Waals surface area contributed by atoms with Crippen LogP contribution >= 0.6 is 0 Å². The van der Waals surface area contributed by atoms with Crippen molar-refractivity contribution in [3.63, 3.8) is 0 Å². The Balaban J connectivity index is 2.25. The molecule has 88 valence electrons. The Morgan fingerprint density at radius 2 is 2.00 bits per heavy atom. The first-order chi connectivity index (χ1) is 8.13. The number of allylic oxidation sites excluding steroid dienone is 1. The van der Waals surface area contributed by atoms with Crippen molar-refractivity contribution in [1.82, 2.24) is 0 Å². The fraction of sp³-hybridized carbons (Fsp3) is 0.267. The SMILES string of the molecule is C/C=C/C1(C)C/C(=C\c2ccccc2)C(=O)O1. The van der Waals surface area contributed by atoms with Gasteiger partial charge in [0.2, 0.25) is 0 Å². The molecule has 2 heteroatoms. The molecule has 0 spiro atoms. The van der Waals surface area contributed by atoms with Gasteiger partial charge in [0, 0.05) is 12.0 Å². The van der Waals surface area contributed by atoms with E-state index in [9.17, 15) is 4.79 Å². The van der Waals surface area contributed by atoms with Gasteiger partial charge < -0.3 is 4.74 Å². The molecule has 0 radical (unpaired) electrons. The van der Waals surface area contributed by atoms with Crippen LogP contribution in [0.4, 0.5) is 0 Å². The summed E-state index contributed by atoms with van der Waals surface area (Å²) in [5.41, 5.74) is 1.29. The number of benzene rings is 1. The molecule has 0 N–H and O–H groups in total. The van der Waals surface area contributed by atoms with E-state index in [0.29, 0.717) is 6.42 Å². The molecular formula is C15H16O2. The molecule has 1 aliphatic rings. The number of esters is 1. The van der Waals surface area contributed by atoms with Crippen molar-refractivity contribution in [2.24, 2.45) is 0 Å². The molecule has 0 amide bonds. The smallest absolute Gasteiger partial charge is 0.335 e. The molecule has 1 saturated heterocycles. The van der Waals surface area contributed by atoms with Crippen molar-refractivity contribution in [3.8, 4) is 0 Å². The first kappa shape index (κ1) is 11.6. The Hall–Kier alpha value is -1.83. The van der Waals surface area contributed by atoms with Gasteiger partial charge in [-0.3, -0.25) is 0 Å². The molecule has 1 atom stereocenters. The highest BCUT2D eigenvalue weighted by Gasteiger charge is 2.37. The summed E-state index contributed by atoms with van der Waals surface area (Å²) < 4.78 is 5.38. The largest absolute Gasteiger partial charge is 0.451 e. The first-order valence-corrected chi connectivity index (χ1v) is 5.76. The van der Waals surface area contributed by atoms with Gasteiger partial charge in [-0.1, -0.05) is 36.4 Å². The van der Waals surface area contributed by atoms with Crippen LogP contribution in [0.3, 0.4) is 0 Å². The Labute approximate surface area is 102 Å². The van der Waals surface area contributed by atoms with E-state index < -0.39 is 5.60 Å². The summed E-state index contributed by atoms with van der Waals surface area (Å²) in [7, 11) is 0. The van der Waals surface area contributed by atoms with Crippen LogP contribution in [-0.2, 0) is 9.53 Å². The third-order valence-electron chi connectivity index (χ3n) is 2.79. The molecular weight excluding hydrogens is 212 g/mol. The highest BCUT2D eigenvalue weighted by molar-refractivity contribution is 5.96. The van der Waals surface area contributed by atoms with Crippen LogP contribution in [-0.4, -0.2) is 11.6 Å². The normalized spacial score (nSPS) is 26.7. The Morgan fingerprint density at radius 1 is 1.29 bits per heavy atom. The molecule has 1 heterocycles. The lowest BCUT2D eigenvalue weighted by Gasteiger charge is -2.16. The minimum atomic E-state index is -0.480. The van der Waals surface area contributed by atoms with E-state index in [1.807, 2.05) is 62.4 Å². The number of cyclic esters (lactones) is 1. The monoisotopic (exact) mass is 228 g/mol. The molecule has 1 aliphatic heterocycles. The van der Waals surface area contributed by atoms with Crippen LogP contribution in [0.1, 0.15) is 25.8 Å². The van der Waals surface area contributed by atoms with E-state index in [2.05, 4.69) is 0 Å². The fourth-order valence-electron chi connectivity index (χ4n) is 2.07. The Kier molecular flexibility index (Phi) is 3.14. The number of ether oxygens (including phenoxy) is 1. The second-order valence-corrected chi connectivity index (χ2v) is 4.46. The van der Waals surface area contributed by atoms with Gasteiger partial charge in [-0.2, -0.15) is 0 Å². The molecule has 0 aromatic heterocycles. The summed E-state index contributed by atoms with van der Waals surface area (Å²) >= 11 is 0. The minimum absolute atomic E-state index is 0.213. The topological polar surface area (TPSA) is 26.3 Å². The van der Waals surface area contributed by atoms with Gasteiger partial charge in [0.25, 0.3) is 0 Å². The minimum Gasteiger partial charge on any atom is -0.451 e. The maximum absolute atomic E-state index is 11.7. The average molecular weight is 228 g/mol. The van der Waals surface area contributed by atoms with Crippen molar-refractivity contribution in [2.45, 2.75) is 25.9 Å². The fourth-order valence-corrected chi connectivity index (χ4v) is 2.07. The van der Waals surface area contributed by atoms with Crippen LogP contribution in [0.15, 0.2) is 48.1 Å². The number of hydrogen-bond acceptors (Lipinski definition) is 2. The zero-order valence-electron chi connectivity index (χ0n) is 10.1. The van der Waals surface area contributed by atoms with Crippen molar-refractivity contribution < 1.29 is 9.53 Å². The highest BCUT2D eigenvalue weighted by Crippen LogP contribution is 2.32. The summed E-state index contributed by atoms with van der Waals surface area (Å²) in [4.78, 5) is 11.7. The average Bonchev–Trinajstić information content (AvgIpc) is 2.56. The van der Waals surface area contributed by atoms with E-state index in [4.69, 9.17) is 4.74 Å². The zero-order valence-corrected chi connectivity index (χ0v) is 10.1. The van der Waals surface area contributed by atoms with E-state index in [1.165, 1.54) is 0 Å². The molecule has 2 nitrogen and oxygen atoms in total. The number of rotatable bonds is 2. The molecule has 1 unspecified atom stereocenters. The van der Waals surface area contributed by atoms with Crippen LogP contribution in [0.25, 0.3) is 6.08 Å². The van der Waals surface area contributed by atoms with Crippen LogP contribution < -0.4 is 0 Å². The standard InChI is InChI=1S/C15H16O2/c1-3-9-15(2)11-13(14(16)17-15)10-12-7-5-4-6-8-12/h3-10H,11H2,1-2H3/b9-3+,13-10+. The predicted molar refractivity (Wildman–Crippen MR) is 68.3 cm³/mol. The maximum atomic E-state index is 11.7. The molecule has 1 fully saturated rings. The molecule has 0 bridgehead atoms. The third-order valence-corrected chi connectivity index (χ3v) is 2.79. The van der Waals surface area contributed by atoms with Crippen LogP contribution in [0.5, 0.6) is 0 Å². The summed E-state index contributed by atoms with van der Waals surface area (Å²) in [6.45, 7) is 3.86. The lowest BCUT2D eigenvalue weighted by Crippen LogP contribution is -2.19. The number of hydrogen-bond donors (Lipinski definition) is 0. The Morgan fingerprint density at radius 3 is 2.65 bits per heavy atom. The van der Waals surface area contributed by atoms with Crippen molar-refractivity contribution in [2.75, 3.05) is 0 Å². The number of carbonyl (C=O) groups is 1. The predicted octanol–water partition coefficient (Wildman–Crippen LogP) is 3.35. The van der Waals surface area contributed by atoms with E-state index in [-0.39, 0.29) is 5.97 Å². The molecule has 2 rings (SSSR count). The Bertz CT molecular complexity index is 471. The van der Waals surface area contributed by atoms with Crippen LogP contribution in [0.2, 0.25) is 0 Å².